The van der Waals surface area contributed by atoms with Crippen LogP contribution in [0, 0.1) is 0 Å². The first-order valence-corrected chi connectivity index (χ1v) is 3.77. The van der Waals surface area contributed by atoms with Gasteiger partial charge in [0.1, 0.15) is 0 Å². The first kappa shape index (κ1) is 6.91. The van der Waals surface area contributed by atoms with Gasteiger partial charge in [-0.2, -0.15) is 0 Å². The van der Waals surface area contributed by atoms with Crippen molar-refractivity contribution in [3.8, 4) is 0 Å². The van der Waals surface area contributed by atoms with Gasteiger partial charge in [-0.1, -0.05) is 0 Å². The summed E-state index contributed by atoms with van der Waals surface area (Å²) >= 11 is 0.966. The Kier molecular flexibility index (Phi) is 4.69. The van der Waals surface area contributed by atoms with Crippen LogP contribution in [0.25, 0.3) is 0 Å². The maximum absolute atomic E-state index is 9.80. The second-order valence-corrected chi connectivity index (χ2v) is 1.83. The van der Waals surface area contributed by atoms with E-state index in [-0.39, 0.29) is 0 Å². The molecule has 0 saturated carbocycles. The molecule has 5 heteroatoms. The third kappa shape index (κ3) is 3.11. The van der Waals surface area contributed by atoms with Gasteiger partial charge in [0.25, 0.3) is 0 Å². The van der Waals surface area contributed by atoms with E-state index in [1.807, 2.05) is 0 Å². The Morgan fingerprint density at radius 1 is 1.33 bits per heavy atom. The van der Waals surface area contributed by atoms with Gasteiger partial charge in [0.2, 0.25) is 0 Å². The topological polar surface area (TPSA) is 35.5 Å². The number of carbonyl (C=O) groups is 1. The number of hydrogen-bond donors (Lipinski definition) is 0. The van der Waals surface area contributed by atoms with Gasteiger partial charge < -0.3 is 0 Å². The summed E-state index contributed by atoms with van der Waals surface area (Å²) in [5, 5.41) is 0. The molecule has 0 aliphatic heterocycles. The van der Waals surface area contributed by atoms with Crippen LogP contribution in [0.3, 0.4) is 0 Å². The zero-order valence-electron chi connectivity index (χ0n) is 2.88. The van der Waals surface area contributed by atoms with E-state index in [4.69, 9.17) is 0 Å². The molecule has 0 amide bonds. The molecule has 0 aliphatic carbocycles. The van der Waals surface area contributed by atoms with E-state index in [0.29, 0.717) is 46.9 Å². The summed E-state index contributed by atoms with van der Waals surface area (Å²) in [6, 6.07) is 0. The Bertz CT molecular complexity index is 46.8. The van der Waals surface area contributed by atoms with E-state index in [9.17, 15) is 4.79 Å². The summed E-state index contributed by atoms with van der Waals surface area (Å²) in [4.78, 5) is 9.80. The van der Waals surface area contributed by atoms with E-state index in [0.717, 1.165) is 0 Å². The second kappa shape index (κ2) is 4.08. The van der Waals surface area contributed by atoms with Crippen LogP contribution in [-0.2, 0) is 6.03 Å². The van der Waals surface area contributed by atoms with Crippen LogP contribution in [-0.4, -0.2) is 53.0 Å². The van der Waals surface area contributed by atoms with Crippen molar-refractivity contribution in [3.05, 3.63) is 0 Å². The van der Waals surface area contributed by atoms with Crippen LogP contribution in [0.15, 0.2) is 0 Å². The molecule has 0 unspecified atom stereocenters. The summed E-state index contributed by atoms with van der Waals surface area (Å²) < 4.78 is 8.40. The monoisotopic (exact) mass is 306 g/mol. The van der Waals surface area contributed by atoms with Gasteiger partial charge in [0.15, 0.2) is 0 Å². The molecule has 0 aromatic carbocycles. The molecule has 0 N–H and O–H groups in total. The SMILES string of the molecule is O=C([O][SbH2])[O][SbH2]. The third-order valence-electron chi connectivity index (χ3n) is 0.192. The van der Waals surface area contributed by atoms with Crippen LogP contribution in [0.5, 0.6) is 0 Å². The van der Waals surface area contributed by atoms with Gasteiger partial charge in [-0.05, 0) is 0 Å². The van der Waals surface area contributed by atoms with Crippen LogP contribution >= 0.6 is 0 Å². The molecule has 6 heavy (non-hydrogen) atoms. The first-order valence-electron chi connectivity index (χ1n) is 1.08. The summed E-state index contributed by atoms with van der Waals surface area (Å²) in [5.41, 5.74) is 0. The Morgan fingerprint density at radius 2 is 1.67 bits per heavy atom. The standard InChI is InChI=1S/CH2O3.2Sb.4H/c2-1(3)4;;;;;;/h(H2,2,3,4);;;;;;/q;2*+1;;;;/p-2. The summed E-state index contributed by atoms with van der Waals surface area (Å²) in [7, 11) is 0. The number of hydrogen-bond acceptors (Lipinski definition) is 3. The molecule has 3 nitrogen and oxygen atoms in total. The molecular formula is CH4O3Sb2. The Balaban J connectivity index is 2.99. The van der Waals surface area contributed by atoms with Crippen molar-refractivity contribution in [1.29, 1.82) is 0 Å². The number of rotatable bonds is 0. The van der Waals surface area contributed by atoms with E-state index >= 15 is 0 Å². The summed E-state index contributed by atoms with van der Waals surface area (Å²) in [6.07, 6.45) is -0.542. The van der Waals surface area contributed by atoms with Crippen LogP contribution in [0.2, 0.25) is 0 Å². The molecule has 0 fully saturated rings. The zero-order chi connectivity index (χ0) is 4.99. The first-order chi connectivity index (χ1) is 2.81. The summed E-state index contributed by atoms with van der Waals surface area (Å²) in [5.74, 6) is 0. The minimum absolute atomic E-state index is 0.483. The summed E-state index contributed by atoms with van der Waals surface area (Å²) in [6.45, 7) is 0. The Hall–Kier alpha value is 0.906. The Labute approximate surface area is 63.5 Å². The molecule has 0 radical (unpaired) electrons. The zero-order valence-corrected chi connectivity index (χ0v) is 9.47. The van der Waals surface area contributed by atoms with Crippen molar-refractivity contribution >= 4 is 53.0 Å². The fourth-order valence-corrected chi connectivity index (χ4v) is 1.25. The van der Waals surface area contributed by atoms with Gasteiger partial charge in [-0.15, -0.1) is 0 Å². The van der Waals surface area contributed by atoms with Crippen molar-refractivity contribution in [2.75, 3.05) is 0 Å². The van der Waals surface area contributed by atoms with E-state index < -0.39 is 6.16 Å². The average Bonchev–Trinajstić information content (AvgIpc) is 1.65. The van der Waals surface area contributed by atoms with Crippen molar-refractivity contribution in [3.63, 3.8) is 0 Å². The van der Waals surface area contributed by atoms with Gasteiger partial charge in [0, 0.05) is 0 Å². The van der Waals surface area contributed by atoms with Gasteiger partial charge >= 0.3 is 63.9 Å². The predicted molar refractivity (Wildman–Crippen MR) is 24.7 cm³/mol. The van der Waals surface area contributed by atoms with E-state index in [2.05, 4.69) is 6.03 Å². The fourth-order valence-electron chi connectivity index (χ4n) is 0.0278. The quantitative estimate of drug-likeness (QED) is 0.497. The molecule has 0 heterocycles. The van der Waals surface area contributed by atoms with Crippen LogP contribution in [0.4, 0.5) is 4.79 Å². The molecule has 0 saturated heterocycles. The van der Waals surface area contributed by atoms with Crippen molar-refractivity contribution in [2.45, 2.75) is 0 Å². The molecule has 0 aliphatic rings. The fraction of sp³-hybridized carbons (Fsp3) is 0. The number of carbonyl (C=O) groups excluding carboxylic acids is 1. The van der Waals surface area contributed by atoms with Crippen LogP contribution < -0.4 is 0 Å². The molecule has 0 aromatic rings. The third-order valence-corrected chi connectivity index (χ3v) is 1.29. The average molecular weight is 308 g/mol. The maximum atomic E-state index is 9.80. The predicted octanol–water partition coefficient (Wildman–Crippen LogP) is -1.76. The van der Waals surface area contributed by atoms with Gasteiger partial charge in [-0.25, -0.2) is 0 Å². The van der Waals surface area contributed by atoms with Gasteiger partial charge in [0.05, 0.1) is 0 Å². The molecule has 0 bridgehead atoms. The normalized spacial score (nSPS) is 7.00. The van der Waals surface area contributed by atoms with Crippen LogP contribution in [0.1, 0.15) is 0 Å². The van der Waals surface area contributed by atoms with Crippen molar-refractivity contribution in [2.24, 2.45) is 0 Å². The molecule has 0 atom stereocenters. The van der Waals surface area contributed by atoms with Gasteiger partial charge in [-0.3, -0.25) is 0 Å². The Morgan fingerprint density at radius 3 is 1.67 bits per heavy atom. The van der Waals surface area contributed by atoms with E-state index in [1.54, 1.807) is 0 Å². The van der Waals surface area contributed by atoms with E-state index in [1.165, 1.54) is 0 Å². The molecule has 0 rings (SSSR count). The molecule has 0 spiro atoms. The second-order valence-electron chi connectivity index (χ2n) is 0.486. The van der Waals surface area contributed by atoms with Crippen molar-refractivity contribution in [1.82, 2.24) is 0 Å². The molecule has 0 aromatic heterocycles. The minimum atomic E-state index is -0.542. The molecular weight excluding hydrogens is 304 g/mol. The van der Waals surface area contributed by atoms with Crippen molar-refractivity contribution < 1.29 is 10.8 Å². The molecule has 36 valence electrons.